The van der Waals surface area contributed by atoms with E-state index in [1.165, 1.54) is 12.8 Å². The van der Waals surface area contributed by atoms with Crippen LogP contribution >= 0.6 is 11.6 Å². The molecule has 0 bridgehead atoms. The van der Waals surface area contributed by atoms with E-state index in [9.17, 15) is 4.79 Å². The number of likely N-dealkylation sites (tertiary alicyclic amines) is 1. The average Bonchev–Trinajstić information content (AvgIpc) is 3.62. The summed E-state index contributed by atoms with van der Waals surface area (Å²) in [6, 6.07) is 18.7. The molecule has 9 nitrogen and oxygen atoms in total. The fourth-order valence-corrected chi connectivity index (χ4v) is 5.23. The van der Waals surface area contributed by atoms with Crippen LogP contribution in [0, 0.1) is 0 Å². The van der Waals surface area contributed by atoms with E-state index in [0.29, 0.717) is 34.7 Å². The van der Waals surface area contributed by atoms with Gasteiger partial charge in [0.05, 0.1) is 11.0 Å². The third-order valence-corrected chi connectivity index (χ3v) is 7.51. The summed E-state index contributed by atoms with van der Waals surface area (Å²) in [5.74, 6) is 1.61. The topological polar surface area (TPSA) is 97.2 Å². The van der Waals surface area contributed by atoms with Crippen LogP contribution in [-0.2, 0) is 7.05 Å². The molecule has 0 aliphatic carbocycles. The molecule has 2 aromatic carbocycles. The Morgan fingerprint density at radius 3 is 2.61 bits per heavy atom. The summed E-state index contributed by atoms with van der Waals surface area (Å²) >= 11 is 6.48. The largest absolute Gasteiger partial charge is 0.457 e. The van der Waals surface area contributed by atoms with Crippen LogP contribution in [-0.4, -0.2) is 56.5 Å². The number of pyridine rings is 2. The third-order valence-electron chi connectivity index (χ3n) is 7.18. The van der Waals surface area contributed by atoms with E-state index in [0.717, 1.165) is 47.5 Å². The van der Waals surface area contributed by atoms with Crippen molar-refractivity contribution in [1.29, 1.82) is 0 Å². The summed E-state index contributed by atoms with van der Waals surface area (Å²) in [6.45, 7) is 3.65. The summed E-state index contributed by atoms with van der Waals surface area (Å²) in [5, 5.41) is 7.02. The molecule has 1 aliphatic heterocycles. The standard InChI is InChI=1S/C31H30ClN7O2/c1-38-29-7-5-23(41-24-10-13-34-28(20-24)30(40)35-14-17-39-15-2-3-16-39)19-27(29)37-31(38)36-22-4-6-26(32)25(18-22)21-8-11-33-12-9-21/h4-13,18-20H,2-3,14-17H2,1H3,(H,35,40)(H,36,37). The molecule has 1 fully saturated rings. The van der Waals surface area contributed by atoms with Gasteiger partial charge in [0.15, 0.2) is 0 Å². The Labute approximate surface area is 243 Å². The summed E-state index contributed by atoms with van der Waals surface area (Å²) in [7, 11) is 1.95. The van der Waals surface area contributed by atoms with Gasteiger partial charge in [-0.3, -0.25) is 14.8 Å². The first kappa shape index (κ1) is 26.7. The van der Waals surface area contributed by atoms with Crippen molar-refractivity contribution in [3.8, 4) is 22.6 Å². The number of nitrogens with one attached hydrogen (secondary N) is 2. The van der Waals surface area contributed by atoms with Crippen LogP contribution in [0.15, 0.2) is 79.3 Å². The van der Waals surface area contributed by atoms with Gasteiger partial charge < -0.3 is 24.8 Å². The zero-order chi connectivity index (χ0) is 28.2. The fourth-order valence-electron chi connectivity index (χ4n) is 5.00. The molecule has 1 aliphatic rings. The number of aryl methyl sites for hydroxylation is 1. The van der Waals surface area contributed by atoms with E-state index < -0.39 is 0 Å². The maximum Gasteiger partial charge on any atom is 0.270 e. The van der Waals surface area contributed by atoms with Gasteiger partial charge in [0.2, 0.25) is 5.95 Å². The first-order valence-electron chi connectivity index (χ1n) is 13.6. The number of benzene rings is 2. The predicted octanol–water partition coefficient (Wildman–Crippen LogP) is 6.05. The Balaban J connectivity index is 1.15. The summed E-state index contributed by atoms with van der Waals surface area (Å²) in [4.78, 5) is 28.1. The van der Waals surface area contributed by atoms with Crippen molar-refractivity contribution in [2.24, 2.45) is 7.05 Å². The second kappa shape index (κ2) is 12.0. The van der Waals surface area contributed by atoms with Crippen LogP contribution in [0.4, 0.5) is 11.6 Å². The Morgan fingerprint density at radius 1 is 0.976 bits per heavy atom. The van der Waals surface area contributed by atoms with Crippen molar-refractivity contribution in [2.75, 3.05) is 31.5 Å². The van der Waals surface area contributed by atoms with Crippen LogP contribution in [0.3, 0.4) is 0 Å². The van der Waals surface area contributed by atoms with Gasteiger partial charge in [0.25, 0.3) is 5.91 Å². The lowest BCUT2D eigenvalue weighted by Gasteiger charge is -2.14. The molecule has 3 aromatic heterocycles. The van der Waals surface area contributed by atoms with Crippen molar-refractivity contribution < 1.29 is 9.53 Å². The van der Waals surface area contributed by atoms with E-state index in [-0.39, 0.29) is 5.91 Å². The zero-order valence-electron chi connectivity index (χ0n) is 22.7. The molecule has 41 heavy (non-hydrogen) atoms. The molecular weight excluding hydrogens is 538 g/mol. The molecule has 0 unspecified atom stereocenters. The molecule has 0 atom stereocenters. The number of carbonyl (C=O) groups excluding carboxylic acids is 1. The quantitative estimate of drug-likeness (QED) is 0.224. The van der Waals surface area contributed by atoms with Crippen LogP contribution in [0.1, 0.15) is 23.3 Å². The molecule has 0 saturated carbocycles. The molecule has 5 aromatic rings. The molecule has 4 heterocycles. The summed E-state index contributed by atoms with van der Waals surface area (Å²) in [5.41, 5.74) is 4.79. The average molecular weight is 568 g/mol. The van der Waals surface area contributed by atoms with Gasteiger partial charge in [-0.15, -0.1) is 0 Å². The highest BCUT2D eigenvalue weighted by Crippen LogP contribution is 2.32. The van der Waals surface area contributed by atoms with Crippen LogP contribution < -0.4 is 15.4 Å². The van der Waals surface area contributed by atoms with E-state index in [1.54, 1.807) is 30.7 Å². The number of hydrogen-bond donors (Lipinski definition) is 2. The lowest BCUT2D eigenvalue weighted by molar-refractivity contribution is 0.0944. The maximum absolute atomic E-state index is 12.6. The number of halogens is 1. The van der Waals surface area contributed by atoms with Gasteiger partial charge in [-0.05, 0) is 80.0 Å². The molecule has 0 radical (unpaired) electrons. The predicted molar refractivity (Wildman–Crippen MR) is 161 cm³/mol. The Bertz CT molecular complexity index is 1680. The number of hydrogen-bond acceptors (Lipinski definition) is 7. The van der Waals surface area contributed by atoms with Gasteiger partial charge in [-0.2, -0.15) is 0 Å². The first-order valence-corrected chi connectivity index (χ1v) is 14.0. The number of carbonyl (C=O) groups is 1. The van der Waals surface area contributed by atoms with Gasteiger partial charge >= 0.3 is 0 Å². The van der Waals surface area contributed by atoms with Crippen LogP contribution in [0.5, 0.6) is 11.5 Å². The number of ether oxygens (including phenoxy) is 1. The molecule has 6 rings (SSSR count). The number of fused-ring (bicyclic) bond motifs is 1. The molecular formula is C31H30ClN7O2. The molecule has 0 spiro atoms. The third kappa shape index (κ3) is 6.16. The van der Waals surface area contributed by atoms with E-state index in [1.807, 2.05) is 60.1 Å². The highest BCUT2D eigenvalue weighted by atomic mass is 35.5. The van der Waals surface area contributed by atoms with Crippen molar-refractivity contribution in [3.63, 3.8) is 0 Å². The van der Waals surface area contributed by atoms with Crippen molar-refractivity contribution in [1.82, 2.24) is 29.7 Å². The molecule has 10 heteroatoms. The highest BCUT2D eigenvalue weighted by molar-refractivity contribution is 6.33. The molecule has 2 N–H and O–H groups in total. The zero-order valence-corrected chi connectivity index (χ0v) is 23.4. The number of anilines is 2. The van der Waals surface area contributed by atoms with E-state index >= 15 is 0 Å². The molecule has 1 amide bonds. The number of nitrogens with zero attached hydrogens (tertiary/aromatic N) is 5. The maximum atomic E-state index is 12.6. The minimum Gasteiger partial charge on any atom is -0.457 e. The fraction of sp³-hybridized carbons (Fsp3) is 0.226. The van der Waals surface area contributed by atoms with Crippen molar-refractivity contribution in [3.05, 3.63) is 90.0 Å². The van der Waals surface area contributed by atoms with Crippen molar-refractivity contribution >= 4 is 40.2 Å². The minimum atomic E-state index is -0.208. The Kier molecular flexibility index (Phi) is 7.80. The van der Waals surface area contributed by atoms with Gasteiger partial charge in [0.1, 0.15) is 17.2 Å². The number of aromatic nitrogens is 4. The monoisotopic (exact) mass is 567 g/mol. The molecule has 208 valence electrons. The van der Waals surface area contributed by atoms with Crippen LogP contribution in [0.25, 0.3) is 22.2 Å². The highest BCUT2D eigenvalue weighted by Gasteiger charge is 2.14. The Morgan fingerprint density at radius 2 is 1.78 bits per heavy atom. The van der Waals surface area contributed by atoms with Gasteiger partial charge in [-0.1, -0.05) is 11.6 Å². The lowest BCUT2D eigenvalue weighted by Crippen LogP contribution is -2.33. The lowest BCUT2D eigenvalue weighted by atomic mass is 10.1. The van der Waals surface area contributed by atoms with Gasteiger partial charge in [0, 0.05) is 67.1 Å². The normalized spacial score (nSPS) is 13.4. The first-order chi connectivity index (χ1) is 20.0. The number of amides is 1. The number of imidazole rings is 1. The van der Waals surface area contributed by atoms with Crippen molar-refractivity contribution in [2.45, 2.75) is 12.8 Å². The van der Waals surface area contributed by atoms with Gasteiger partial charge in [-0.25, -0.2) is 4.98 Å². The summed E-state index contributed by atoms with van der Waals surface area (Å²) < 4.78 is 8.07. The van der Waals surface area contributed by atoms with Crippen LogP contribution in [0.2, 0.25) is 5.02 Å². The van der Waals surface area contributed by atoms with E-state index in [4.69, 9.17) is 21.3 Å². The summed E-state index contributed by atoms with van der Waals surface area (Å²) in [6.07, 6.45) is 7.53. The SMILES string of the molecule is Cn1c(Nc2ccc(Cl)c(-c3ccncc3)c2)nc2cc(Oc3ccnc(C(=O)NCCN4CCCC4)c3)ccc21. The minimum absolute atomic E-state index is 0.208. The smallest absolute Gasteiger partial charge is 0.270 e. The molecule has 1 saturated heterocycles. The Hall–Kier alpha value is -4.47. The number of rotatable bonds is 9. The second-order valence-electron chi connectivity index (χ2n) is 9.98. The van der Waals surface area contributed by atoms with E-state index in [2.05, 4.69) is 25.5 Å². The second-order valence-corrected chi connectivity index (χ2v) is 10.4.